The number of sulfonamides is 1. The molecule has 1 amide bonds. The lowest BCUT2D eigenvalue weighted by molar-refractivity contribution is 0.0779. The van der Waals surface area contributed by atoms with Gasteiger partial charge in [-0.15, -0.1) is 0 Å². The lowest BCUT2D eigenvalue weighted by atomic mass is 10.1. The van der Waals surface area contributed by atoms with Gasteiger partial charge in [0.1, 0.15) is 0 Å². The normalized spacial score (nSPS) is 11.8. The fourth-order valence-corrected chi connectivity index (χ4v) is 3.09. The van der Waals surface area contributed by atoms with Crippen molar-refractivity contribution in [2.45, 2.75) is 18.7 Å². The van der Waals surface area contributed by atoms with Gasteiger partial charge in [0.2, 0.25) is 10.0 Å². The molecule has 112 valence electrons. The Balaban J connectivity index is 3.31. The summed E-state index contributed by atoms with van der Waals surface area (Å²) in [5.41, 5.74) is 0.105. The Morgan fingerprint density at radius 3 is 2.45 bits per heavy atom. The molecule has 0 radical (unpaired) electrons. The zero-order valence-electron chi connectivity index (χ0n) is 11.4. The van der Waals surface area contributed by atoms with Crippen LogP contribution in [-0.4, -0.2) is 32.8 Å². The first-order valence-electron chi connectivity index (χ1n) is 5.81. The molecule has 0 fully saturated rings. The van der Waals surface area contributed by atoms with Gasteiger partial charge in [0.15, 0.2) is 0 Å². The van der Waals surface area contributed by atoms with E-state index in [-0.39, 0.29) is 27.3 Å². The highest BCUT2D eigenvalue weighted by Crippen LogP contribution is 2.30. The van der Waals surface area contributed by atoms with Gasteiger partial charge in [0.25, 0.3) is 5.91 Å². The van der Waals surface area contributed by atoms with Crippen molar-refractivity contribution in [2.24, 2.45) is 11.1 Å². The predicted octanol–water partition coefficient (Wildman–Crippen LogP) is 2.48. The van der Waals surface area contributed by atoms with E-state index in [1.807, 2.05) is 13.8 Å². The van der Waals surface area contributed by atoms with Crippen LogP contribution in [0.25, 0.3) is 0 Å². The summed E-state index contributed by atoms with van der Waals surface area (Å²) in [5.74, 6) is -0.0671. The van der Waals surface area contributed by atoms with Gasteiger partial charge < -0.3 is 4.90 Å². The minimum absolute atomic E-state index is 0.105. The lowest BCUT2D eigenvalue weighted by Crippen LogP contribution is -2.30. The van der Waals surface area contributed by atoms with Crippen molar-refractivity contribution in [2.75, 3.05) is 13.6 Å². The summed E-state index contributed by atoms with van der Waals surface area (Å²) in [6.07, 6.45) is 0. The number of nitrogens with zero attached hydrogens (tertiary/aromatic N) is 1. The third-order valence-electron chi connectivity index (χ3n) is 2.55. The van der Waals surface area contributed by atoms with Crippen molar-refractivity contribution in [3.8, 4) is 0 Å². The van der Waals surface area contributed by atoms with E-state index in [0.717, 1.165) is 0 Å². The molecule has 0 heterocycles. The number of rotatable bonds is 4. The van der Waals surface area contributed by atoms with Crippen LogP contribution in [0, 0.1) is 5.92 Å². The largest absolute Gasteiger partial charge is 0.341 e. The molecule has 5 nitrogen and oxygen atoms in total. The smallest absolute Gasteiger partial charge is 0.255 e. The number of hydrogen-bond donors (Lipinski definition) is 1. The first kappa shape index (κ1) is 17.4. The zero-order valence-corrected chi connectivity index (χ0v) is 14.5. The highest BCUT2D eigenvalue weighted by atomic mass is 79.9. The number of amides is 1. The van der Waals surface area contributed by atoms with Crippen LogP contribution in [0.5, 0.6) is 0 Å². The van der Waals surface area contributed by atoms with E-state index in [9.17, 15) is 13.2 Å². The van der Waals surface area contributed by atoms with E-state index in [1.54, 1.807) is 7.05 Å². The highest BCUT2D eigenvalue weighted by molar-refractivity contribution is 9.10. The molecule has 2 N–H and O–H groups in total. The van der Waals surface area contributed by atoms with E-state index in [2.05, 4.69) is 15.9 Å². The number of halogens is 2. The molecule has 0 aromatic heterocycles. The minimum atomic E-state index is -3.91. The third-order valence-corrected chi connectivity index (χ3v) is 4.70. The maximum atomic E-state index is 12.3. The summed E-state index contributed by atoms with van der Waals surface area (Å²) in [6.45, 7) is 4.48. The molecule has 20 heavy (non-hydrogen) atoms. The Hall–Kier alpha value is -0.630. The zero-order chi connectivity index (χ0) is 15.7. The van der Waals surface area contributed by atoms with Crippen LogP contribution in [-0.2, 0) is 10.0 Å². The molecule has 1 rings (SSSR count). The molecule has 0 spiro atoms. The Kier molecular flexibility index (Phi) is 5.60. The molecule has 1 aromatic rings. The van der Waals surface area contributed by atoms with Crippen LogP contribution in [0.15, 0.2) is 21.5 Å². The predicted molar refractivity (Wildman–Crippen MR) is 82.3 cm³/mol. The third kappa shape index (κ3) is 4.18. The molecule has 0 unspecified atom stereocenters. The van der Waals surface area contributed by atoms with Gasteiger partial charge in [-0.25, -0.2) is 13.6 Å². The van der Waals surface area contributed by atoms with Gasteiger partial charge in [-0.3, -0.25) is 4.79 Å². The number of hydrogen-bond acceptors (Lipinski definition) is 3. The summed E-state index contributed by atoms with van der Waals surface area (Å²) >= 11 is 9.20. The topological polar surface area (TPSA) is 80.5 Å². The fraction of sp³-hybridized carbons (Fsp3) is 0.417. The number of benzene rings is 1. The van der Waals surface area contributed by atoms with Crippen LogP contribution in [0.4, 0.5) is 0 Å². The van der Waals surface area contributed by atoms with Gasteiger partial charge in [0.05, 0.1) is 15.5 Å². The van der Waals surface area contributed by atoms with Crippen molar-refractivity contribution in [1.82, 2.24) is 4.90 Å². The van der Waals surface area contributed by atoms with Gasteiger partial charge in [-0.05, 0) is 34.0 Å². The van der Waals surface area contributed by atoms with E-state index in [4.69, 9.17) is 16.7 Å². The second kappa shape index (κ2) is 6.43. The van der Waals surface area contributed by atoms with Crippen molar-refractivity contribution in [3.63, 3.8) is 0 Å². The molecular weight excluding hydrogens is 368 g/mol. The fourth-order valence-electron chi connectivity index (χ4n) is 1.72. The Bertz CT molecular complexity index is 632. The molecule has 0 atom stereocenters. The molecular formula is C12H16BrClN2O3S. The van der Waals surface area contributed by atoms with Gasteiger partial charge in [-0.2, -0.15) is 0 Å². The van der Waals surface area contributed by atoms with Crippen LogP contribution in [0.2, 0.25) is 5.02 Å². The summed E-state index contributed by atoms with van der Waals surface area (Å²) in [5, 5.41) is 5.25. The minimum Gasteiger partial charge on any atom is -0.341 e. The van der Waals surface area contributed by atoms with Gasteiger partial charge in [-0.1, -0.05) is 25.4 Å². The van der Waals surface area contributed by atoms with Crippen molar-refractivity contribution in [3.05, 3.63) is 27.2 Å². The van der Waals surface area contributed by atoms with E-state index >= 15 is 0 Å². The molecule has 0 saturated heterocycles. The molecule has 8 heteroatoms. The monoisotopic (exact) mass is 382 g/mol. The summed E-state index contributed by atoms with van der Waals surface area (Å²) in [6, 6.07) is 2.47. The number of primary sulfonamides is 1. The number of carbonyl (C=O) groups excluding carboxylic acids is 1. The molecule has 0 bridgehead atoms. The van der Waals surface area contributed by atoms with E-state index in [0.29, 0.717) is 11.0 Å². The SMILES string of the molecule is CC(C)CN(C)C(=O)c1cc(S(N)(=O)=O)cc(Br)c1Cl. The van der Waals surface area contributed by atoms with Crippen molar-refractivity contribution in [1.29, 1.82) is 0 Å². The average Bonchev–Trinajstić information content (AvgIpc) is 2.29. The van der Waals surface area contributed by atoms with Crippen LogP contribution in [0.1, 0.15) is 24.2 Å². The van der Waals surface area contributed by atoms with Crippen LogP contribution in [0.3, 0.4) is 0 Å². The lowest BCUT2D eigenvalue weighted by Gasteiger charge is -2.20. The maximum absolute atomic E-state index is 12.3. The number of nitrogens with two attached hydrogens (primary N) is 1. The van der Waals surface area contributed by atoms with Gasteiger partial charge >= 0.3 is 0 Å². The second-order valence-electron chi connectivity index (χ2n) is 4.89. The number of carbonyl (C=O) groups is 1. The maximum Gasteiger partial charge on any atom is 0.255 e. The average molecular weight is 384 g/mol. The standard InChI is InChI=1S/C12H16BrClN2O3S/c1-7(2)6-16(3)12(17)9-4-8(20(15,18)19)5-10(13)11(9)14/h4-5,7H,6H2,1-3H3,(H2,15,18,19). The van der Waals surface area contributed by atoms with Crippen molar-refractivity contribution < 1.29 is 13.2 Å². The summed E-state index contributed by atoms with van der Waals surface area (Å²) in [4.78, 5) is 13.7. The Morgan fingerprint density at radius 2 is 2.00 bits per heavy atom. The van der Waals surface area contributed by atoms with Gasteiger partial charge in [0, 0.05) is 18.1 Å². The molecule has 0 aliphatic carbocycles. The quantitative estimate of drug-likeness (QED) is 0.867. The molecule has 0 saturated carbocycles. The molecule has 0 aliphatic rings. The van der Waals surface area contributed by atoms with E-state index < -0.39 is 10.0 Å². The van der Waals surface area contributed by atoms with Crippen molar-refractivity contribution >= 4 is 43.5 Å². The van der Waals surface area contributed by atoms with Crippen LogP contribution < -0.4 is 5.14 Å². The highest BCUT2D eigenvalue weighted by Gasteiger charge is 2.21. The Labute approximate surface area is 132 Å². The van der Waals surface area contributed by atoms with E-state index in [1.165, 1.54) is 17.0 Å². The molecule has 1 aromatic carbocycles. The van der Waals surface area contributed by atoms with Crippen LogP contribution >= 0.6 is 27.5 Å². The second-order valence-corrected chi connectivity index (χ2v) is 7.68. The first-order valence-corrected chi connectivity index (χ1v) is 8.53. The first-order chi connectivity index (χ1) is 9.04. The molecule has 0 aliphatic heterocycles. The summed E-state index contributed by atoms with van der Waals surface area (Å²) in [7, 11) is -2.27. The summed E-state index contributed by atoms with van der Waals surface area (Å²) < 4.78 is 23.1. The Morgan fingerprint density at radius 1 is 1.45 bits per heavy atom.